The van der Waals surface area contributed by atoms with Crippen molar-refractivity contribution >= 4 is 17.9 Å². The summed E-state index contributed by atoms with van der Waals surface area (Å²) in [6, 6.07) is 2.82. The molecule has 1 saturated heterocycles. The maximum atomic E-state index is 13.2. The van der Waals surface area contributed by atoms with E-state index in [1.54, 1.807) is 16.7 Å². The summed E-state index contributed by atoms with van der Waals surface area (Å²) in [7, 11) is 0. The number of rotatable bonds is 6. The minimum atomic E-state index is -0.540. The smallest absolute Gasteiger partial charge is 0.258 e. The molecule has 30 heavy (non-hydrogen) atoms. The summed E-state index contributed by atoms with van der Waals surface area (Å²) in [5.74, 6) is -0.394. The summed E-state index contributed by atoms with van der Waals surface area (Å²) in [4.78, 5) is 41.4. The van der Waals surface area contributed by atoms with Gasteiger partial charge in [-0.05, 0) is 50.7 Å². The zero-order valence-electron chi connectivity index (χ0n) is 17.3. The third kappa shape index (κ3) is 3.11. The molecule has 2 saturated carbocycles. The van der Waals surface area contributed by atoms with Crippen molar-refractivity contribution in [1.82, 2.24) is 14.8 Å². The Kier molecular flexibility index (Phi) is 4.81. The summed E-state index contributed by atoms with van der Waals surface area (Å²) in [6.45, 7) is 2.66. The lowest BCUT2D eigenvalue weighted by Gasteiger charge is -2.38. The fourth-order valence-electron chi connectivity index (χ4n) is 5.26. The highest BCUT2D eigenvalue weighted by atomic mass is 16.3. The van der Waals surface area contributed by atoms with Crippen molar-refractivity contribution in [3.05, 3.63) is 39.8 Å². The van der Waals surface area contributed by atoms with Crippen molar-refractivity contribution in [3.8, 4) is 0 Å². The van der Waals surface area contributed by atoms with Gasteiger partial charge in [0, 0.05) is 42.8 Å². The van der Waals surface area contributed by atoms with E-state index in [1.165, 1.54) is 0 Å². The van der Waals surface area contributed by atoms with Crippen LogP contribution in [0.4, 0.5) is 0 Å². The number of hydrogen-bond acceptors (Lipinski definition) is 4. The number of aliphatic hydroxyl groups excluding tert-OH is 1. The van der Waals surface area contributed by atoms with Gasteiger partial charge in [-0.1, -0.05) is 12.2 Å². The second-order valence-electron chi connectivity index (χ2n) is 9.22. The molecule has 0 radical (unpaired) electrons. The maximum absolute atomic E-state index is 13.2. The van der Waals surface area contributed by atoms with Crippen molar-refractivity contribution in [2.24, 2.45) is 23.7 Å². The highest BCUT2D eigenvalue weighted by molar-refractivity contribution is 5.86. The topological polar surface area (TPSA) is 91.6 Å². The lowest BCUT2D eigenvalue weighted by atomic mass is 9.86. The van der Waals surface area contributed by atoms with E-state index in [0.29, 0.717) is 30.3 Å². The molecule has 0 unspecified atom stereocenters. The van der Waals surface area contributed by atoms with Crippen LogP contribution in [0.2, 0.25) is 0 Å². The van der Waals surface area contributed by atoms with Crippen molar-refractivity contribution in [3.63, 3.8) is 0 Å². The van der Waals surface area contributed by atoms with Crippen molar-refractivity contribution in [2.45, 2.75) is 51.2 Å². The van der Waals surface area contributed by atoms with Gasteiger partial charge in [-0.2, -0.15) is 0 Å². The first-order valence-corrected chi connectivity index (χ1v) is 11.1. The van der Waals surface area contributed by atoms with Crippen molar-refractivity contribution in [2.75, 3.05) is 13.2 Å². The third-order valence-corrected chi connectivity index (χ3v) is 7.17. The van der Waals surface area contributed by atoms with Crippen LogP contribution in [-0.4, -0.2) is 45.6 Å². The fourth-order valence-corrected chi connectivity index (χ4v) is 5.26. The molecule has 5 rings (SSSR count). The lowest BCUT2D eigenvalue weighted by Crippen LogP contribution is -2.49. The van der Waals surface area contributed by atoms with E-state index in [9.17, 15) is 19.5 Å². The van der Waals surface area contributed by atoms with E-state index in [1.807, 2.05) is 24.0 Å². The average molecular weight is 412 g/mol. The van der Waals surface area contributed by atoms with Crippen molar-refractivity contribution < 1.29 is 14.7 Å². The average Bonchev–Trinajstić information content (AvgIpc) is 3.64. The standard InChI is InChI=1S/C23H29N3O4/c1-2-3-14-8-9-17-20-19(21(28)24-10-13-4-5-13)16(12-27)18(11-25(17)22(14)29)26(20)23(30)15-6-7-15/h2-3,8-9,13,15-16,18-20,27H,4-7,10-12H2,1H3,(H,24,28)/b3-2+/t16-,18-,19+,20+/m0/s1. The molecule has 1 aromatic rings. The quantitative estimate of drug-likeness (QED) is 0.738. The molecule has 3 heterocycles. The maximum Gasteiger partial charge on any atom is 0.258 e. The molecule has 160 valence electrons. The zero-order valence-corrected chi connectivity index (χ0v) is 17.3. The minimum Gasteiger partial charge on any atom is -0.396 e. The number of carbonyl (C=O) groups excluding carboxylic acids is 2. The number of allylic oxidation sites excluding steroid dienone is 1. The number of nitrogens with one attached hydrogen (secondary N) is 1. The number of nitrogens with zero attached hydrogens (tertiary/aromatic N) is 2. The van der Waals surface area contributed by atoms with Gasteiger partial charge in [-0.3, -0.25) is 14.4 Å². The van der Waals surface area contributed by atoms with E-state index in [4.69, 9.17) is 0 Å². The van der Waals surface area contributed by atoms with Gasteiger partial charge < -0.3 is 19.9 Å². The van der Waals surface area contributed by atoms with Crippen LogP contribution < -0.4 is 10.9 Å². The molecule has 2 amide bonds. The molecular formula is C23H29N3O4. The summed E-state index contributed by atoms with van der Waals surface area (Å²) >= 11 is 0. The molecule has 4 atom stereocenters. The Morgan fingerprint density at radius 3 is 2.63 bits per heavy atom. The van der Waals surface area contributed by atoms with Crippen LogP contribution in [0.1, 0.15) is 49.9 Å². The van der Waals surface area contributed by atoms with Crippen LogP contribution in [0.25, 0.3) is 6.08 Å². The number of fused-ring (bicyclic) bond motifs is 4. The Morgan fingerprint density at radius 1 is 1.23 bits per heavy atom. The van der Waals surface area contributed by atoms with Crippen molar-refractivity contribution in [1.29, 1.82) is 0 Å². The van der Waals surface area contributed by atoms with Crippen LogP contribution >= 0.6 is 0 Å². The lowest BCUT2D eigenvalue weighted by molar-refractivity contribution is -0.138. The number of amides is 2. The largest absolute Gasteiger partial charge is 0.396 e. The number of carbonyl (C=O) groups is 2. The van der Waals surface area contributed by atoms with Crippen LogP contribution in [0.15, 0.2) is 23.0 Å². The van der Waals surface area contributed by atoms with E-state index in [-0.39, 0.29) is 41.9 Å². The highest BCUT2D eigenvalue weighted by Gasteiger charge is 2.58. The third-order valence-electron chi connectivity index (χ3n) is 7.17. The molecule has 4 aliphatic rings. The van der Waals surface area contributed by atoms with Crippen LogP contribution in [0.5, 0.6) is 0 Å². The molecule has 0 aromatic carbocycles. The molecule has 7 nitrogen and oxygen atoms in total. The molecular weight excluding hydrogens is 382 g/mol. The number of aliphatic hydroxyl groups is 1. The van der Waals surface area contributed by atoms with E-state index >= 15 is 0 Å². The molecule has 1 aromatic heterocycles. The fraction of sp³-hybridized carbons (Fsp3) is 0.609. The highest BCUT2D eigenvalue weighted by Crippen LogP contribution is 2.50. The van der Waals surface area contributed by atoms with Gasteiger partial charge >= 0.3 is 0 Å². The van der Waals surface area contributed by atoms with Crippen LogP contribution in [0, 0.1) is 23.7 Å². The molecule has 2 aliphatic heterocycles. The molecule has 2 N–H and O–H groups in total. The van der Waals surface area contributed by atoms with E-state index in [0.717, 1.165) is 25.7 Å². The van der Waals surface area contributed by atoms with E-state index < -0.39 is 12.0 Å². The monoisotopic (exact) mass is 411 g/mol. The van der Waals surface area contributed by atoms with Gasteiger partial charge in [0.2, 0.25) is 11.8 Å². The molecule has 2 aliphatic carbocycles. The second-order valence-corrected chi connectivity index (χ2v) is 9.22. The Hall–Kier alpha value is -2.41. The Labute approximate surface area is 175 Å². The summed E-state index contributed by atoms with van der Waals surface area (Å²) < 4.78 is 1.72. The molecule has 0 spiro atoms. The Balaban J connectivity index is 1.58. The second kappa shape index (κ2) is 7.38. The Bertz CT molecular complexity index is 960. The Morgan fingerprint density at radius 2 is 2.00 bits per heavy atom. The van der Waals surface area contributed by atoms with Gasteiger partial charge in [0.05, 0.1) is 18.0 Å². The van der Waals surface area contributed by atoms with E-state index in [2.05, 4.69) is 5.32 Å². The summed E-state index contributed by atoms with van der Waals surface area (Å²) in [6.07, 6.45) is 7.64. The molecule has 7 heteroatoms. The minimum absolute atomic E-state index is 0.0168. The number of aromatic nitrogens is 1. The van der Waals surface area contributed by atoms with Gasteiger partial charge in [0.15, 0.2) is 0 Å². The first kappa shape index (κ1) is 19.5. The molecule has 2 bridgehead atoms. The normalized spacial score (nSPS) is 29.9. The van der Waals surface area contributed by atoms with Gasteiger partial charge in [0.25, 0.3) is 5.56 Å². The first-order valence-electron chi connectivity index (χ1n) is 11.1. The predicted octanol–water partition coefficient (Wildman–Crippen LogP) is 1.31. The van der Waals surface area contributed by atoms with Gasteiger partial charge in [-0.25, -0.2) is 0 Å². The molecule has 3 fully saturated rings. The predicted molar refractivity (Wildman–Crippen MR) is 111 cm³/mol. The number of pyridine rings is 1. The summed E-state index contributed by atoms with van der Waals surface area (Å²) in [5.41, 5.74) is 1.20. The van der Waals surface area contributed by atoms with Gasteiger partial charge in [-0.15, -0.1) is 0 Å². The SMILES string of the molecule is C/C=C/c1ccc2n(c1=O)C[C@H]1[C@H](CO)[C@@H](C(=O)NCC3CC3)[C@@H]2N1C(=O)C1CC1. The van der Waals surface area contributed by atoms with Crippen LogP contribution in [-0.2, 0) is 16.1 Å². The van der Waals surface area contributed by atoms with Gasteiger partial charge in [0.1, 0.15) is 0 Å². The first-order chi connectivity index (χ1) is 14.5. The summed E-state index contributed by atoms with van der Waals surface area (Å²) in [5, 5.41) is 13.3. The zero-order chi connectivity index (χ0) is 21.0. The van der Waals surface area contributed by atoms with Crippen LogP contribution in [0.3, 0.4) is 0 Å². The number of hydrogen-bond donors (Lipinski definition) is 2.